The van der Waals surface area contributed by atoms with Gasteiger partial charge in [0.2, 0.25) is 0 Å². The zero-order valence-corrected chi connectivity index (χ0v) is 10.4. The number of ether oxygens (including phenoxy) is 2. The van der Waals surface area contributed by atoms with Gasteiger partial charge in [-0.2, -0.15) is 0 Å². The first-order valence-electron chi connectivity index (χ1n) is 5.98. The fraction of sp³-hybridized carbons (Fsp3) is 0.200. The van der Waals surface area contributed by atoms with Gasteiger partial charge >= 0.3 is 0 Å². The highest BCUT2D eigenvalue weighted by molar-refractivity contribution is 5.46. The summed E-state index contributed by atoms with van der Waals surface area (Å²) in [6.45, 7) is 3.10. The third-order valence-electron chi connectivity index (χ3n) is 2.58. The molecule has 3 nitrogen and oxygen atoms in total. The summed E-state index contributed by atoms with van der Waals surface area (Å²) in [6, 6.07) is 15.3. The quantitative estimate of drug-likeness (QED) is 0.820. The van der Waals surface area contributed by atoms with Crippen molar-refractivity contribution in [2.75, 3.05) is 12.3 Å². The number of rotatable bonds is 5. The highest BCUT2D eigenvalue weighted by Gasteiger charge is 2.00. The van der Waals surface area contributed by atoms with E-state index in [0.717, 1.165) is 22.7 Å². The van der Waals surface area contributed by atoms with Crippen LogP contribution in [0.3, 0.4) is 0 Å². The van der Waals surface area contributed by atoms with Gasteiger partial charge in [0.05, 0.1) is 6.61 Å². The van der Waals surface area contributed by atoms with E-state index < -0.39 is 0 Å². The van der Waals surface area contributed by atoms with Crippen LogP contribution in [0.25, 0.3) is 0 Å². The van der Waals surface area contributed by atoms with E-state index >= 15 is 0 Å². The Kier molecular flexibility index (Phi) is 4.07. The van der Waals surface area contributed by atoms with Crippen LogP contribution >= 0.6 is 0 Å². The van der Waals surface area contributed by atoms with Crippen LogP contribution in [-0.2, 0) is 6.61 Å². The lowest BCUT2D eigenvalue weighted by Crippen LogP contribution is -1.99. The lowest BCUT2D eigenvalue weighted by molar-refractivity contribution is 0.304. The predicted molar refractivity (Wildman–Crippen MR) is 72.8 cm³/mol. The number of hydrogen-bond acceptors (Lipinski definition) is 3. The summed E-state index contributed by atoms with van der Waals surface area (Å²) in [5.41, 5.74) is 7.59. The Morgan fingerprint density at radius 3 is 2.11 bits per heavy atom. The van der Waals surface area contributed by atoms with Crippen LogP contribution in [0.2, 0.25) is 0 Å². The zero-order valence-electron chi connectivity index (χ0n) is 10.4. The summed E-state index contributed by atoms with van der Waals surface area (Å²) in [5.74, 6) is 1.66. The second-order valence-corrected chi connectivity index (χ2v) is 3.89. The monoisotopic (exact) mass is 243 g/mol. The van der Waals surface area contributed by atoms with Crippen molar-refractivity contribution in [1.29, 1.82) is 0 Å². The van der Waals surface area contributed by atoms with Crippen LogP contribution in [0.5, 0.6) is 11.5 Å². The number of nitrogen functional groups attached to an aromatic ring is 1. The van der Waals surface area contributed by atoms with Crippen LogP contribution in [-0.4, -0.2) is 6.61 Å². The molecule has 0 amide bonds. The Labute approximate surface area is 107 Å². The first-order chi connectivity index (χ1) is 8.79. The topological polar surface area (TPSA) is 44.5 Å². The van der Waals surface area contributed by atoms with Crippen LogP contribution in [0.1, 0.15) is 12.5 Å². The number of para-hydroxylation sites is 1. The Hall–Kier alpha value is -2.16. The Bertz CT molecular complexity index is 494. The minimum Gasteiger partial charge on any atom is -0.494 e. The molecule has 0 saturated heterocycles. The molecule has 2 aromatic carbocycles. The maximum absolute atomic E-state index is 5.85. The van der Waals surface area contributed by atoms with Gasteiger partial charge in [-0.15, -0.1) is 0 Å². The summed E-state index contributed by atoms with van der Waals surface area (Å²) >= 11 is 0. The molecule has 0 fully saturated rings. The van der Waals surface area contributed by atoms with Crippen LogP contribution < -0.4 is 15.2 Å². The van der Waals surface area contributed by atoms with Gasteiger partial charge in [0.25, 0.3) is 0 Å². The average molecular weight is 243 g/mol. The van der Waals surface area contributed by atoms with Crippen molar-refractivity contribution in [2.45, 2.75) is 13.5 Å². The van der Waals surface area contributed by atoms with Gasteiger partial charge in [-0.3, -0.25) is 0 Å². The van der Waals surface area contributed by atoms with Crippen molar-refractivity contribution in [3.63, 3.8) is 0 Å². The van der Waals surface area contributed by atoms with Crippen molar-refractivity contribution in [3.05, 3.63) is 54.1 Å². The average Bonchev–Trinajstić information content (AvgIpc) is 2.40. The lowest BCUT2D eigenvalue weighted by Gasteiger charge is -2.09. The number of nitrogens with two attached hydrogens (primary N) is 1. The Morgan fingerprint density at radius 2 is 1.50 bits per heavy atom. The van der Waals surface area contributed by atoms with E-state index in [4.69, 9.17) is 15.2 Å². The molecule has 0 heterocycles. The molecule has 0 aliphatic carbocycles. The van der Waals surface area contributed by atoms with Crippen LogP contribution in [0.15, 0.2) is 48.5 Å². The van der Waals surface area contributed by atoms with Crippen molar-refractivity contribution in [3.8, 4) is 11.5 Å². The van der Waals surface area contributed by atoms with Gasteiger partial charge in [-0.25, -0.2) is 0 Å². The molecule has 0 aromatic heterocycles. The molecule has 18 heavy (non-hydrogen) atoms. The molecular weight excluding hydrogens is 226 g/mol. The minimum atomic E-state index is 0.473. The molecule has 2 N–H and O–H groups in total. The number of hydrogen-bond donors (Lipinski definition) is 1. The lowest BCUT2D eigenvalue weighted by atomic mass is 10.2. The first-order valence-corrected chi connectivity index (χ1v) is 5.98. The van der Waals surface area contributed by atoms with Gasteiger partial charge in [-0.1, -0.05) is 18.2 Å². The molecule has 0 bridgehead atoms. The Balaban J connectivity index is 1.96. The molecule has 0 aliphatic rings. The molecule has 94 valence electrons. The zero-order chi connectivity index (χ0) is 12.8. The molecule has 0 aliphatic heterocycles. The van der Waals surface area contributed by atoms with Gasteiger partial charge in [0.15, 0.2) is 0 Å². The van der Waals surface area contributed by atoms with Gasteiger partial charge in [0, 0.05) is 11.3 Å². The van der Waals surface area contributed by atoms with E-state index in [1.807, 2.05) is 55.5 Å². The molecule has 2 aromatic rings. The van der Waals surface area contributed by atoms with Gasteiger partial charge < -0.3 is 15.2 Å². The summed E-state index contributed by atoms with van der Waals surface area (Å²) in [7, 11) is 0. The fourth-order valence-electron chi connectivity index (χ4n) is 1.63. The largest absolute Gasteiger partial charge is 0.494 e. The minimum absolute atomic E-state index is 0.473. The number of benzene rings is 2. The summed E-state index contributed by atoms with van der Waals surface area (Å²) in [4.78, 5) is 0. The van der Waals surface area contributed by atoms with E-state index in [1.165, 1.54) is 0 Å². The second-order valence-electron chi connectivity index (χ2n) is 3.89. The molecule has 0 saturated carbocycles. The maximum atomic E-state index is 5.85. The highest BCUT2D eigenvalue weighted by Crippen LogP contribution is 2.19. The van der Waals surface area contributed by atoms with Crippen molar-refractivity contribution >= 4 is 5.69 Å². The summed E-state index contributed by atoms with van der Waals surface area (Å²) in [5, 5.41) is 0. The molecule has 0 atom stereocenters. The maximum Gasteiger partial charge on any atom is 0.120 e. The van der Waals surface area contributed by atoms with Crippen molar-refractivity contribution in [2.24, 2.45) is 0 Å². The van der Waals surface area contributed by atoms with Gasteiger partial charge in [0.1, 0.15) is 18.1 Å². The molecule has 0 unspecified atom stereocenters. The highest BCUT2D eigenvalue weighted by atomic mass is 16.5. The molecule has 0 radical (unpaired) electrons. The van der Waals surface area contributed by atoms with Crippen LogP contribution in [0.4, 0.5) is 5.69 Å². The Morgan fingerprint density at radius 1 is 0.889 bits per heavy atom. The second kappa shape index (κ2) is 5.96. The molecule has 2 rings (SSSR count). The van der Waals surface area contributed by atoms with Gasteiger partial charge in [-0.05, 0) is 37.3 Å². The fourth-order valence-corrected chi connectivity index (χ4v) is 1.63. The van der Waals surface area contributed by atoms with Crippen molar-refractivity contribution in [1.82, 2.24) is 0 Å². The summed E-state index contributed by atoms with van der Waals surface area (Å²) < 4.78 is 11.0. The number of anilines is 1. The van der Waals surface area contributed by atoms with E-state index in [-0.39, 0.29) is 0 Å². The SMILES string of the molecule is CCOc1ccc(OCc2ccccc2N)cc1. The molecule has 0 spiro atoms. The molecule has 3 heteroatoms. The van der Waals surface area contributed by atoms with E-state index in [2.05, 4.69) is 0 Å². The standard InChI is InChI=1S/C15H17NO2/c1-2-17-13-7-9-14(10-8-13)18-11-12-5-3-4-6-15(12)16/h3-10H,2,11,16H2,1H3. The van der Waals surface area contributed by atoms with E-state index in [9.17, 15) is 0 Å². The third kappa shape index (κ3) is 3.17. The van der Waals surface area contributed by atoms with Crippen LogP contribution in [0, 0.1) is 0 Å². The first kappa shape index (κ1) is 12.3. The third-order valence-corrected chi connectivity index (χ3v) is 2.58. The van der Waals surface area contributed by atoms with E-state index in [1.54, 1.807) is 0 Å². The molecular formula is C15H17NO2. The summed E-state index contributed by atoms with van der Waals surface area (Å²) in [6.07, 6.45) is 0. The van der Waals surface area contributed by atoms with E-state index in [0.29, 0.717) is 13.2 Å². The smallest absolute Gasteiger partial charge is 0.120 e. The normalized spacial score (nSPS) is 10.1. The van der Waals surface area contributed by atoms with Crippen molar-refractivity contribution < 1.29 is 9.47 Å². The predicted octanol–water partition coefficient (Wildman–Crippen LogP) is 3.25.